The lowest BCUT2D eigenvalue weighted by Gasteiger charge is -2.21. The van der Waals surface area contributed by atoms with Crippen LogP contribution in [0.5, 0.6) is 5.75 Å². The number of carbonyl (C=O) groups excluding carboxylic acids is 1. The molecule has 174 valence electrons. The van der Waals surface area contributed by atoms with Gasteiger partial charge in [-0.25, -0.2) is 0 Å². The van der Waals surface area contributed by atoms with Crippen LogP contribution in [-0.4, -0.2) is 63.3 Å². The van der Waals surface area contributed by atoms with E-state index in [2.05, 4.69) is 21.7 Å². The third-order valence-corrected chi connectivity index (χ3v) is 5.89. The molecule has 1 aromatic rings. The summed E-state index contributed by atoms with van der Waals surface area (Å²) in [6.07, 6.45) is 6.35. The van der Waals surface area contributed by atoms with Crippen LogP contribution in [0.4, 0.5) is 0 Å². The zero-order valence-electron chi connectivity index (χ0n) is 18.8. The first-order valence-corrected chi connectivity index (χ1v) is 11.2. The second-order valence-corrected chi connectivity index (χ2v) is 8.16. The first-order chi connectivity index (χ1) is 14.7. The van der Waals surface area contributed by atoms with Gasteiger partial charge < -0.3 is 25.0 Å². The van der Waals surface area contributed by atoms with E-state index in [0.717, 1.165) is 56.0 Å². The standard InChI is InChI=1S/C23H36N4O3.HI/c1-24-23(25-16-18-7-5-10-21(15-18)30-14-6-13-29-2)26-20-11-12-27(17-20)22(28)19-8-3-4-9-19;/h5,7,10,15,19-20H,3-4,6,8-9,11-14,16-17H2,1-2H3,(H2,24,25,26);1H. The Bertz CT molecular complexity index is 710. The van der Waals surface area contributed by atoms with Gasteiger partial charge in [-0.05, 0) is 37.0 Å². The molecular formula is C23H37IN4O3. The predicted octanol–water partition coefficient (Wildman–Crippen LogP) is 3.18. The maximum absolute atomic E-state index is 12.6. The van der Waals surface area contributed by atoms with Gasteiger partial charge in [0, 0.05) is 58.8 Å². The Kier molecular flexibility index (Phi) is 11.4. The van der Waals surface area contributed by atoms with Gasteiger partial charge >= 0.3 is 0 Å². The summed E-state index contributed by atoms with van der Waals surface area (Å²) in [5.74, 6) is 2.24. The number of guanidine groups is 1. The molecule has 0 aromatic heterocycles. The lowest BCUT2D eigenvalue weighted by atomic mass is 10.1. The number of carbonyl (C=O) groups is 1. The number of halogens is 1. The molecule has 1 aromatic carbocycles. The Morgan fingerprint density at radius 1 is 1.23 bits per heavy atom. The molecular weight excluding hydrogens is 507 g/mol. The number of amides is 1. The molecule has 1 saturated carbocycles. The molecule has 0 spiro atoms. The maximum Gasteiger partial charge on any atom is 0.225 e. The minimum atomic E-state index is 0. The van der Waals surface area contributed by atoms with E-state index < -0.39 is 0 Å². The van der Waals surface area contributed by atoms with Crippen LogP contribution in [0, 0.1) is 5.92 Å². The topological polar surface area (TPSA) is 75.2 Å². The van der Waals surface area contributed by atoms with Crippen LogP contribution in [0.1, 0.15) is 44.1 Å². The highest BCUT2D eigenvalue weighted by atomic mass is 127. The van der Waals surface area contributed by atoms with Gasteiger partial charge in [0.1, 0.15) is 5.75 Å². The lowest BCUT2D eigenvalue weighted by Crippen LogP contribution is -2.45. The smallest absolute Gasteiger partial charge is 0.225 e. The Balaban J connectivity index is 0.00000341. The minimum absolute atomic E-state index is 0. The Labute approximate surface area is 203 Å². The highest BCUT2D eigenvalue weighted by Gasteiger charge is 2.32. The van der Waals surface area contributed by atoms with Gasteiger partial charge in [-0.15, -0.1) is 24.0 Å². The largest absolute Gasteiger partial charge is 0.493 e. The van der Waals surface area contributed by atoms with Crippen LogP contribution >= 0.6 is 24.0 Å². The monoisotopic (exact) mass is 544 g/mol. The number of hydrogen-bond acceptors (Lipinski definition) is 4. The van der Waals surface area contributed by atoms with Gasteiger partial charge in [-0.3, -0.25) is 9.79 Å². The molecule has 1 unspecified atom stereocenters. The summed E-state index contributed by atoms with van der Waals surface area (Å²) in [6, 6.07) is 8.34. The molecule has 1 saturated heterocycles. The maximum atomic E-state index is 12.6. The number of rotatable bonds is 9. The number of ether oxygens (including phenoxy) is 2. The van der Waals surface area contributed by atoms with Gasteiger partial charge in [0.15, 0.2) is 5.96 Å². The summed E-state index contributed by atoms with van der Waals surface area (Å²) in [5, 5.41) is 6.85. The van der Waals surface area contributed by atoms with E-state index in [0.29, 0.717) is 25.7 Å². The fourth-order valence-corrected chi connectivity index (χ4v) is 4.22. The van der Waals surface area contributed by atoms with Crippen LogP contribution in [0.3, 0.4) is 0 Å². The molecule has 1 heterocycles. The van der Waals surface area contributed by atoms with Crippen molar-refractivity contribution in [1.82, 2.24) is 15.5 Å². The van der Waals surface area contributed by atoms with Gasteiger partial charge in [-0.2, -0.15) is 0 Å². The van der Waals surface area contributed by atoms with Crippen LogP contribution in [0.15, 0.2) is 29.3 Å². The van der Waals surface area contributed by atoms with Gasteiger partial charge in [0.2, 0.25) is 5.91 Å². The van der Waals surface area contributed by atoms with Crippen LogP contribution in [-0.2, 0) is 16.1 Å². The molecule has 2 N–H and O–H groups in total. The van der Waals surface area contributed by atoms with Crippen molar-refractivity contribution in [3.8, 4) is 5.75 Å². The van der Waals surface area contributed by atoms with Gasteiger partial charge in [0.25, 0.3) is 0 Å². The summed E-state index contributed by atoms with van der Waals surface area (Å²) in [5.41, 5.74) is 1.13. The van der Waals surface area contributed by atoms with E-state index in [1.54, 1.807) is 14.2 Å². The fourth-order valence-electron chi connectivity index (χ4n) is 4.22. The van der Waals surface area contributed by atoms with E-state index in [1.165, 1.54) is 12.8 Å². The van der Waals surface area contributed by atoms with Gasteiger partial charge in [0.05, 0.1) is 6.61 Å². The van der Waals surface area contributed by atoms with E-state index in [4.69, 9.17) is 9.47 Å². The second-order valence-electron chi connectivity index (χ2n) is 8.16. The molecule has 2 fully saturated rings. The average molecular weight is 544 g/mol. The van der Waals surface area contributed by atoms with Crippen LogP contribution in [0.25, 0.3) is 0 Å². The van der Waals surface area contributed by atoms with Crippen molar-refractivity contribution in [1.29, 1.82) is 0 Å². The summed E-state index contributed by atoms with van der Waals surface area (Å²) >= 11 is 0. The zero-order chi connectivity index (χ0) is 21.2. The van der Waals surface area contributed by atoms with Crippen molar-refractivity contribution in [2.24, 2.45) is 10.9 Å². The van der Waals surface area contributed by atoms with E-state index in [9.17, 15) is 4.79 Å². The normalized spacial score (nSPS) is 19.2. The van der Waals surface area contributed by atoms with E-state index in [1.807, 2.05) is 23.1 Å². The van der Waals surface area contributed by atoms with Crippen molar-refractivity contribution in [3.63, 3.8) is 0 Å². The molecule has 1 aliphatic heterocycles. The number of methoxy groups -OCH3 is 1. The molecule has 1 atom stereocenters. The van der Waals surface area contributed by atoms with E-state index >= 15 is 0 Å². The first kappa shape index (κ1) is 25.7. The Morgan fingerprint density at radius 2 is 2.03 bits per heavy atom. The SMILES string of the molecule is CN=C(NCc1cccc(OCCCOC)c1)NC1CCN(C(=O)C2CCCC2)C1.I. The van der Waals surface area contributed by atoms with Crippen LogP contribution < -0.4 is 15.4 Å². The predicted molar refractivity (Wildman–Crippen MR) is 134 cm³/mol. The van der Waals surface area contributed by atoms with Crippen LogP contribution in [0.2, 0.25) is 0 Å². The minimum Gasteiger partial charge on any atom is -0.493 e. The molecule has 2 aliphatic rings. The first-order valence-electron chi connectivity index (χ1n) is 11.2. The third-order valence-electron chi connectivity index (χ3n) is 5.89. The third kappa shape index (κ3) is 8.14. The molecule has 1 aliphatic carbocycles. The average Bonchev–Trinajstić information content (AvgIpc) is 3.46. The van der Waals surface area contributed by atoms with Gasteiger partial charge in [-0.1, -0.05) is 25.0 Å². The van der Waals surface area contributed by atoms with E-state index in [-0.39, 0.29) is 35.9 Å². The lowest BCUT2D eigenvalue weighted by molar-refractivity contribution is -0.134. The highest BCUT2D eigenvalue weighted by molar-refractivity contribution is 14.0. The molecule has 8 heteroatoms. The number of likely N-dealkylation sites (tertiary alicyclic amines) is 1. The highest BCUT2D eigenvalue weighted by Crippen LogP contribution is 2.27. The molecule has 7 nitrogen and oxygen atoms in total. The summed E-state index contributed by atoms with van der Waals surface area (Å²) in [6.45, 7) is 3.61. The van der Waals surface area contributed by atoms with Crippen molar-refractivity contribution in [3.05, 3.63) is 29.8 Å². The number of aliphatic imine (C=N–C) groups is 1. The number of nitrogens with zero attached hydrogens (tertiary/aromatic N) is 2. The number of nitrogens with one attached hydrogen (secondary N) is 2. The Morgan fingerprint density at radius 3 is 2.77 bits per heavy atom. The molecule has 31 heavy (non-hydrogen) atoms. The Hall–Kier alpha value is -1.55. The fraction of sp³-hybridized carbons (Fsp3) is 0.652. The second kappa shape index (κ2) is 13.8. The molecule has 0 radical (unpaired) electrons. The summed E-state index contributed by atoms with van der Waals surface area (Å²) in [7, 11) is 3.48. The number of benzene rings is 1. The van der Waals surface area contributed by atoms with Crippen molar-refractivity contribution in [2.75, 3.05) is 40.5 Å². The quantitative estimate of drug-likeness (QED) is 0.216. The summed E-state index contributed by atoms with van der Waals surface area (Å²) in [4.78, 5) is 19.0. The number of hydrogen-bond donors (Lipinski definition) is 2. The zero-order valence-corrected chi connectivity index (χ0v) is 21.1. The van der Waals surface area contributed by atoms with Crippen molar-refractivity contribution < 1.29 is 14.3 Å². The molecule has 1 amide bonds. The molecule has 3 rings (SSSR count). The summed E-state index contributed by atoms with van der Waals surface area (Å²) < 4.78 is 10.8. The molecule has 0 bridgehead atoms. The van der Waals surface area contributed by atoms with Crippen molar-refractivity contribution >= 4 is 35.8 Å². The van der Waals surface area contributed by atoms with Crippen molar-refractivity contribution in [2.45, 2.75) is 51.1 Å².